The van der Waals surface area contributed by atoms with E-state index in [2.05, 4.69) is 10.3 Å². The molecule has 10 heteroatoms. The van der Waals surface area contributed by atoms with E-state index in [1.807, 2.05) is 12.1 Å². The van der Waals surface area contributed by atoms with Crippen LogP contribution in [0.4, 0.5) is 5.13 Å². The van der Waals surface area contributed by atoms with Crippen molar-refractivity contribution in [1.29, 1.82) is 0 Å². The number of anilines is 1. The predicted octanol–water partition coefficient (Wildman–Crippen LogP) is 2.14. The zero-order valence-electron chi connectivity index (χ0n) is 14.4. The Hall–Kier alpha value is -1.52. The van der Waals surface area contributed by atoms with Gasteiger partial charge in [-0.05, 0) is 11.6 Å². The first kappa shape index (κ1) is 19.2. The molecular formula is C16H19ClN4O3S2. The van der Waals surface area contributed by atoms with Gasteiger partial charge in [0, 0.05) is 37.0 Å². The summed E-state index contributed by atoms with van der Waals surface area (Å²) in [4.78, 5) is 17.5. The van der Waals surface area contributed by atoms with E-state index in [-0.39, 0.29) is 18.9 Å². The molecule has 3 rings (SSSR count). The van der Waals surface area contributed by atoms with E-state index in [4.69, 9.17) is 11.6 Å². The summed E-state index contributed by atoms with van der Waals surface area (Å²) in [5.74, 6) is -0.207. The average molecular weight is 415 g/mol. The molecule has 0 spiro atoms. The van der Waals surface area contributed by atoms with Crippen LogP contribution in [0.25, 0.3) is 0 Å². The summed E-state index contributed by atoms with van der Waals surface area (Å²) in [7, 11) is -0.435. The Bertz CT molecular complexity index is 927. The number of amides is 1. The number of fused-ring (bicyclic) bond motifs is 1. The molecule has 2 aromatic rings. The first-order valence-electron chi connectivity index (χ1n) is 7.97. The van der Waals surface area contributed by atoms with Gasteiger partial charge in [0.25, 0.3) is 10.2 Å². The van der Waals surface area contributed by atoms with Crippen molar-refractivity contribution in [3.63, 3.8) is 0 Å². The Labute approximate surface area is 161 Å². The molecule has 2 heterocycles. The molecule has 0 radical (unpaired) electrons. The number of thiazole rings is 1. The Balaban J connectivity index is 1.69. The van der Waals surface area contributed by atoms with Gasteiger partial charge in [-0.25, -0.2) is 4.98 Å². The van der Waals surface area contributed by atoms with Crippen molar-refractivity contribution in [2.75, 3.05) is 26.0 Å². The molecule has 140 valence electrons. The number of nitrogens with zero attached hydrogens (tertiary/aromatic N) is 3. The molecule has 1 aromatic carbocycles. The molecule has 0 atom stereocenters. The Morgan fingerprint density at radius 2 is 2.12 bits per heavy atom. The monoisotopic (exact) mass is 414 g/mol. The van der Waals surface area contributed by atoms with E-state index in [1.165, 1.54) is 34.0 Å². The van der Waals surface area contributed by atoms with Crippen LogP contribution in [0, 0.1) is 0 Å². The maximum atomic E-state index is 12.3. The molecule has 0 saturated carbocycles. The van der Waals surface area contributed by atoms with Gasteiger partial charge in [0.15, 0.2) is 5.13 Å². The van der Waals surface area contributed by atoms with Crippen molar-refractivity contribution >= 4 is 44.2 Å². The van der Waals surface area contributed by atoms with Gasteiger partial charge >= 0.3 is 0 Å². The zero-order chi connectivity index (χ0) is 18.9. The van der Waals surface area contributed by atoms with Gasteiger partial charge in [-0.2, -0.15) is 17.0 Å². The highest BCUT2D eigenvalue weighted by atomic mass is 35.5. The second-order valence-electron chi connectivity index (χ2n) is 6.08. The van der Waals surface area contributed by atoms with Crippen LogP contribution in [0.2, 0.25) is 5.02 Å². The smallest absolute Gasteiger partial charge is 0.281 e. The van der Waals surface area contributed by atoms with Crippen LogP contribution >= 0.6 is 22.9 Å². The highest BCUT2D eigenvalue weighted by molar-refractivity contribution is 7.86. The number of benzene rings is 1. The van der Waals surface area contributed by atoms with E-state index in [0.29, 0.717) is 23.1 Å². The lowest BCUT2D eigenvalue weighted by molar-refractivity contribution is -0.115. The minimum Gasteiger partial charge on any atom is -0.302 e. The summed E-state index contributed by atoms with van der Waals surface area (Å²) < 4.78 is 27.2. The number of halogens is 1. The maximum Gasteiger partial charge on any atom is 0.281 e. The third-order valence-electron chi connectivity index (χ3n) is 4.04. The van der Waals surface area contributed by atoms with Crippen molar-refractivity contribution < 1.29 is 13.2 Å². The fraction of sp³-hybridized carbons (Fsp3) is 0.375. The van der Waals surface area contributed by atoms with Crippen LogP contribution in [-0.4, -0.2) is 48.6 Å². The maximum absolute atomic E-state index is 12.3. The quantitative estimate of drug-likeness (QED) is 0.812. The molecule has 1 aliphatic heterocycles. The summed E-state index contributed by atoms with van der Waals surface area (Å²) in [5, 5.41) is 3.81. The number of hydrogen-bond donors (Lipinski definition) is 1. The van der Waals surface area contributed by atoms with Gasteiger partial charge in [0.1, 0.15) is 0 Å². The molecule has 0 aliphatic carbocycles. The van der Waals surface area contributed by atoms with E-state index in [1.54, 1.807) is 12.1 Å². The van der Waals surface area contributed by atoms with Gasteiger partial charge in [0.05, 0.1) is 18.7 Å². The first-order valence-corrected chi connectivity index (χ1v) is 10.6. The summed E-state index contributed by atoms with van der Waals surface area (Å²) >= 11 is 7.39. The Kier molecular flexibility index (Phi) is 5.64. The highest BCUT2D eigenvalue weighted by Crippen LogP contribution is 2.30. The predicted molar refractivity (Wildman–Crippen MR) is 103 cm³/mol. The summed E-state index contributed by atoms with van der Waals surface area (Å²) in [5.41, 5.74) is 1.59. The minimum absolute atomic E-state index is 0.158. The molecule has 0 unspecified atom stereocenters. The largest absolute Gasteiger partial charge is 0.302 e. The van der Waals surface area contributed by atoms with E-state index in [9.17, 15) is 13.2 Å². The molecule has 7 nitrogen and oxygen atoms in total. The second kappa shape index (κ2) is 7.61. The third kappa shape index (κ3) is 4.07. The van der Waals surface area contributed by atoms with Crippen LogP contribution in [0.3, 0.4) is 0 Å². The van der Waals surface area contributed by atoms with Crippen LogP contribution in [0.1, 0.15) is 16.1 Å². The fourth-order valence-electron chi connectivity index (χ4n) is 2.63. The fourth-order valence-corrected chi connectivity index (χ4v) is 5.03. The summed E-state index contributed by atoms with van der Waals surface area (Å²) in [6.45, 7) is 0.651. The lowest BCUT2D eigenvalue weighted by atomic mass is 10.1. The molecule has 0 bridgehead atoms. The molecule has 26 heavy (non-hydrogen) atoms. The number of rotatable bonds is 5. The van der Waals surface area contributed by atoms with Gasteiger partial charge in [-0.3, -0.25) is 4.79 Å². The second-order valence-corrected chi connectivity index (χ2v) is 9.71. The van der Waals surface area contributed by atoms with Crippen LogP contribution < -0.4 is 5.32 Å². The normalized spacial score (nSPS) is 15.1. The average Bonchev–Trinajstić information content (AvgIpc) is 2.97. The van der Waals surface area contributed by atoms with Crippen molar-refractivity contribution in [3.05, 3.63) is 45.4 Å². The summed E-state index contributed by atoms with van der Waals surface area (Å²) in [6.07, 6.45) is 0.685. The van der Waals surface area contributed by atoms with Gasteiger partial charge in [-0.1, -0.05) is 29.8 Å². The highest BCUT2D eigenvalue weighted by Gasteiger charge is 2.30. The standard InChI is InChI=1S/C16H19ClN4O3S2/c1-20(2)26(23,24)21-8-7-13-14(10-21)25-16(18-13)19-15(22)9-11-5-3-4-6-12(11)17/h3-6H,7-10H2,1-2H3,(H,18,19,22). The molecule has 1 aromatic heterocycles. The third-order valence-corrected chi connectivity index (χ3v) is 7.29. The van der Waals surface area contributed by atoms with Crippen LogP contribution in [0.5, 0.6) is 0 Å². The number of carbonyl (C=O) groups excluding carboxylic acids is 1. The van der Waals surface area contributed by atoms with Crippen molar-refractivity contribution in [3.8, 4) is 0 Å². The lowest BCUT2D eigenvalue weighted by Crippen LogP contribution is -2.42. The molecule has 1 N–H and O–H groups in total. The Morgan fingerprint density at radius 3 is 2.81 bits per heavy atom. The topological polar surface area (TPSA) is 82.6 Å². The zero-order valence-corrected chi connectivity index (χ0v) is 16.8. The van der Waals surface area contributed by atoms with Crippen molar-refractivity contribution in [2.24, 2.45) is 0 Å². The van der Waals surface area contributed by atoms with E-state index < -0.39 is 10.2 Å². The van der Waals surface area contributed by atoms with Gasteiger partial charge in [0.2, 0.25) is 5.91 Å². The number of nitrogens with one attached hydrogen (secondary N) is 1. The van der Waals surface area contributed by atoms with E-state index >= 15 is 0 Å². The minimum atomic E-state index is -3.46. The molecular weight excluding hydrogens is 396 g/mol. The number of hydrogen-bond acceptors (Lipinski definition) is 5. The number of aromatic nitrogens is 1. The van der Waals surface area contributed by atoms with Crippen LogP contribution in [0.15, 0.2) is 24.3 Å². The Morgan fingerprint density at radius 1 is 1.38 bits per heavy atom. The lowest BCUT2D eigenvalue weighted by Gasteiger charge is -2.27. The van der Waals surface area contributed by atoms with E-state index in [0.717, 1.165) is 16.1 Å². The van der Waals surface area contributed by atoms with Crippen LogP contribution in [-0.2, 0) is 34.4 Å². The molecule has 1 amide bonds. The molecule has 0 saturated heterocycles. The summed E-state index contributed by atoms with van der Waals surface area (Å²) in [6, 6.07) is 7.19. The number of carbonyl (C=O) groups is 1. The van der Waals surface area contributed by atoms with Gasteiger partial charge in [-0.15, -0.1) is 11.3 Å². The van der Waals surface area contributed by atoms with Gasteiger partial charge < -0.3 is 5.32 Å². The molecule has 1 aliphatic rings. The molecule has 0 fully saturated rings. The SMILES string of the molecule is CN(C)S(=O)(=O)N1CCc2nc(NC(=O)Cc3ccccc3Cl)sc2C1. The van der Waals surface area contributed by atoms with Crippen molar-refractivity contribution in [2.45, 2.75) is 19.4 Å². The first-order chi connectivity index (χ1) is 12.3. The van der Waals surface area contributed by atoms with Crippen molar-refractivity contribution in [1.82, 2.24) is 13.6 Å².